The van der Waals surface area contributed by atoms with Gasteiger partial charge in [-0.2, -0.15) is 5.10 Å². The number of nitrogens with zero attached hydrogens (tertiary/aromatic N) is 3. The summed E-state index contributed by atoms with van der Waals surface area (Å²) in [5.41, 5.74) is 0.223. The molecule has 0 amide bonds. The van der Waals surface area contributed by atoms with Gasteiger partial charge in [0, 0.05) is 12.7 Å². The number of ketones is 1. The van der Waals surface area contributed by atoms with Crippen molar-refractivity contribution < 1.29 is 4.79 Å². The fourth-order valence-electron chi connectivity index (χ4n) is 2.25. The number of likely N-dealkylation sites (N-methyl/N-ethyl adjacent to an activating group) is 1. The van der Waals surface area contributed by atoms with Gasteiger partial charge in [-0.1, -0.05) is 13.8 Å². The number of hydrogen-bond donors (Lipinski definition) is 0. The van der Waals surface area contributed by atoms with Gasteiger partial charge in [0.25, 0.3) is 0 Å². The lowest BCUT2D eigenvalue weighted by molar-refractivity contribution is 0.0657. The van der Waals surface area contributed by atoms with Gasteiger partial charge in [-0.3, -0.25) is 14.4 Å². The van der Waals surface area contributed by atoms with E-state index in [2.05, 4.69) is 23.8 Å². The molecule has 4 heteroatoms. The molecule has 0 saturated carbocycles. The summed E-state index contributed by atoms with van der Waals surface area (Å²) in [6, 6.07) is 1.80. The molecule has 0 aliphatic heterocycles. The molecule has 0 atom stereocenters. The minimum atomic E-state index is -0.476. The van der Waals surface area contributed by atoms with Crippen molar-refractivity contribution in [2.24, 2.45) is 0 Å². The summed E-state index contributed by atoms with van der Waals surface area (Å²) in [5, 5.41) is 4.16. The summed E-state index contributed by atoms with van der Waals surface area (Å²) in [6.07, 6.45) is 1.69. The smallest absolute Gasteiger partial charge is 0.200 e. The summed E-state index contributed by atoms with van der Waals surface area (Å²) in [5.74, 6) is 0.139. The molecule has 1 aromatic rings. The molecular formula is C13H23N3O. The Morgan fingerprint density at radius 2 is 1.94 bits per heavy atom. The highest BCUT2D eigenvalue weighted by Gasteiger charge is 2.35. The molecular weight excluding hydrogens is 214 g/mol. The molecule has 1 rings (SSSR count). The van der Waals surface area contributed by atoms with Crippen LogP contribution in [0.4, 0.5) is 0 Å². The van der Waals surface area contributed by atoms with E-state index in [1.807, 2.05) is 20.8 Å². The minimum absolute atomic E-state index is 0.139. The zero-order chi connectivity index (χ0) is 13.1. The quantitative estimate of drug-likeness (QED) is 0.712. The maximum Gasteiger partial charge on any atom is 0.200 e. The number of carbonyl (C=O) groups excluding carboxylic acids is 1. The summed E-state index contributed by atoms with van der Waals surface area (Å²) in [7, 11) is 0. The van der Waals surface area contributed by atoms with Gasteiger partial charge in [0.05, 0.1) is 5.54 Å². The fourth-order valence-corrected chi connectivity index (χ4v) is 2.25. The molecule has 0 radical (unpaired) electrons. The van der Waals surface area contributed by atoms with Crippen molar-refractivity contribution in [3.05, 3.63) is 18.0 Å². The Bertz CT molecular complexity index is 378. The molecule has 0 aliphatic carbocycles. The van der Waals surface area contributed by atoms with Crippen molar-refractivity contribution in [2.75, 3.05) is 13.1 Å². The van der Waals surface area contributed by atoms with Crippen LogP contribution >= 0.6 is 0 Å². The zero-order valence-electron chi connectivity index (χ0n) is 11.5. The molecule has 17 heavy (non-hydrogen) atoms. The van der Waals surface area contributed by atoms with E-state index >= 15 is 0 Å². The first-order chi connectivity index (χ1) is 7.98. The third-order valence-electron chi connectivity index (χ3n) is 3.36. The Labute approximate surface area is 104 Å². The molecule has 96 valence electrons. The number of aromatic nitrogens is 2. The minimum Gasteiger partial charge on any atom is -0.292 e. The highest BCUT2D eigenvalue weighted by molar-refractivity contribution is 6.01. The van der Waals surface area contributed by atoms with E-state index in [0.29, 0.717) is 5.69 Å². The van der Waals surface area contributed by atoms with Gasteiger partial charge in [-0.25, -0.2) is 0 Å². The highest BCUT2D eigenvalue weighted by atomic mass is 16.1. The maximum absolute atomic E-state index is 12.6. The van der Waals surface area contributed by atoms with Crippen molar-refractivity contribution in [3.63, 3.8) is 0 Å². The molecule has 0 unspecified atom stereocenters. The summed E-state index contributed by atoms with van der Waals surface area (Å²) < 4.78 is 1.76. The Hall–Kier alpha value is -1.16. The van der Waals surface area contributed by atoms with E-state index in [0.717, 1.165) is 19.6 Å². The van der Waals surface area contributed by atoms with Gasteiger partial charge >= 0.3 is 0 Å². The standard InChI is InChI=1S/C13H23N3O/c1-6-15(7-2)13(4,5)12(17)11-9-10-14-16(11)8-3/h9-10H,6-8H2,1-5H3. The largest absolute Gasteiger partial charge is 0.292 e. The molecule has 0 N–H and O–H groups in total. The Morgan fingerprint density at radius 1 is 1.35 bits per heavy atom. The van der Waals surface area contributed by atoms with Crippen molar-refractivity contribution in [3.8, 4) is 0 Å². The van der Waals surface area contributed by atoms with Crippen LogP contribution < -0.4 is 0 Å². The lowest BCUT2D eigenvalue weighted by Crippen LogP contribution is -2.50. The first-order valence-electron chi connectivity index (χ1n) is 6.30. The van der Waals surface area contributed by atoms with E-state index in [1.54, 1.807) is 16.9 Å². The van der Waals surface area contributed by atoms with Gasteiger partial charge in [-0.05, 0) is 39.9 Å². The first kappa shape index (κ1) is 13.9. The zero-order valence-corrected chi connectivity index (χ0v) is 11.5. The number of Topliss-reactive ketones (excluding diaryl/α,β-unsaturated/α-hetero) is 1. The molecule has 0 fully saturated rings. The molecule has 0 bridgehead atoms. The molecule has 1 aromatic heterocycles. The van der Waals surface area contributed by atoms with Crippen LogP contribution in [-0.4, -0.2) is 39.1 Å². The van der Waals surface area contributed by atoms with Crippen LogP contribution in [0.5, 0.6) is 0 Å². The van der Waals surface area contributed by atoms with Gasteiger partial charge in [-0.15, -0.1) is 0 Å². The SMILES string of the molecule is CCN(CC)C(C)(C)C(=O)c1ccnn1CC. The molecule has 4 nitrogen and oxygen atoms in total. The molecule has 0 aliphatic rings. The predicted molar refractivity (Wildman–Crippen MR) is 69.2 cm³/mol. The molecule has 0 aromatic carbocycles. The van der Waals surface area contributed by atoms with Gasteiger partial charge in [0.15, 0.2) is 5.78 Å². The normalized spacial score (nSPS) is 12.1. The second-order valence-corrected chi connectivity index (χ2v) is 4.59. The number of aryl methyl sites for hydroxylation is 1. The summed E-state index contributed by atoms with van der Waals surface area (Å²) in [6.45, 7) is 12.6. The van der Waals surface area contributed by atoms with Crippen LogP contribution in [0.2, 0.25) is 0 Å². The predicted octanol–water partition coefficient (Wildman–Crippen LogP) is 2.21. The van der Waals surface area contributed by atoms with Crippen LogP contribution in [0.1, 0.15) is 45.1 Å². The van der Waals surface area contributed by atoms with Crippen molar-refractivity contribution >= 4 is 5.78 Å². The average Bonchev–Trinajstić information content (AvgIpc) is 2.77. The lowest BCUT2D eigenvalue weighted by atomic mass is 9.94. The van der Waals surface area contributed by atoms with E-state index in [-0.39, 0.29) is 5.78 Å². The lowest BCUT2D eigenvalue weighted by Gasteiger charge is -2.35. The molecule has 0 spiro atoms. The van der Waals surface area contributed by atoms with E-state index in [4.69, 9.17) is 0 Å². The third-order valence-corrected chi connectivity index (χ3v) is 3.36. The van der Waals surface area contributed by atoms with Crippen LogP contribution in [0, 0.1) is 0 Å². The van der Waals surface area contributed by atoms with Crippen molar-refractivity contribution in [1.82, 2.24) is 14.7 Å². The maximum atomic E-state index is 12.6. The second kappa shape index (κ2) is 5.45. The second-order valence-electron chi connectivity index (χ2n) is 4.59. The van der Waals surface area contributed by atoms with Crippen molar-refractivity contribution in [1.29, 1.82) is 0 Å². The Kier molecular flexibility index (Phi) is 4.46. The van der Waals surface area contributed by atoms with Crippen LogP contribution in [0.25, 0.3) is 0 Å². The van der Waals surface area contributed by atoms with E-state index < -0.39 is 5.54 Å². The first-order valence-corrected chi connectivity index (χ1v) is 6.30. The number of hydrogen-bond acceptors (Lipinski definition) is 3. The average molecular weight is 237 g/mol. The Morgan fingerprint density at radius 3 is 2.41 bits per heavy atom. The van der Waals surface area contributed by atoms with Crippen LogP contribution in [0.15, 0.2) is 12.3 Å². The molecule has 1 heterocycles. The topological polar surface area (TPSA) is 38.1 Å². The highest BCUT2D eigenvalue weighted by Crippen LogP contribution is 2.20. The van der Waals surface area contributed by atoms with Gasteiger partial charge < -0.3 is 0 Å². The third kappa shape index (κ3) is 2.57. The summed E-state index contributed by atoms with van der Waals surface area (Å²) in [4.78, 5) is 14.7. The van der Waals surface area contributed by atoms with Gasteiger partial charge in [0.1, 0.15) is 5.69 Å². The summed E-state index contributed by atoms with van der Waals surface area (Å²) >= 11 is 0. The van der Waals surface area contributed by atoms with E-state index in [9.17, 15) is 4.79 Å². The molecule has 0 saturated heterocycles. The van der Waals surface area contributed by atoms with Crippen LogP contribution in [-0.2, 0) is 6.54 Å². The van der Waals surface area contributed by atoms with Crippen molar-refractivity contribution in [2.45, 2.75) is 46.7 Å². The van der Waals surface area contributed by atoms with Crippen LogP contribution in [0.3, 0.4) is 0 Å². The number of carbonyl (C=O) groups is 1. The Balaban J connectivity index is 3.03. The number of rotatable bonds is 6. The monoisotopic (exact) mass is 237 g/mol. The fraction of sp³-hybridized carbons (Fsp3) is 0.692. The van der Waals surface area contributed by atoms with Gasteiger partial charge in [0.2, 0.25) is 0 Å². The van der Waals surface area contributed by atoms with E-state index in [1.165, 1.54) is 0 Å².